The van der Waals surface area contributed by atoms with E-state index < -0.39 is 35.2 Å². The Balaban J connectivity index is 1.23. The van der Waals surface area contributed by atoms with Crippen molar-refractivity contribution < 1.29 is 36.6 Å². The number of likely N-dealkylation sites (tertiary alicyclic amines) is 2. The smallest absolute Gasteiger partial charge is 0.382 e. The van der Waals surface area contributed by atoms with Crippen molar-refractivity contribution in [2.45, 2.75) is 74.9 Å². The number of carbonyl (C=O) groups is 2. The lowest BCUT2D eigenvalue weighted by Crippen LogP contribution is -2.56. The average molecular weight is 649 g/mol. The van der Waals surface area contributed by atoms with Crippen molar-refractivity contribution in [3.8, 4) is 0 Å². The Kier molecular flexibility index (Phi) is 10.1. The molecule has 7 nitrogen and oxygen atoms in total. The zero-order valence-corrected chi connectivity index (χ0v) is 25.7. The van der Waals surface area contributed by atoms with Crippen molar-refractivity contribution >= 4 is 11.9 Å². The van der Waals surface area contributed by atoms with Gasteiger partial charge in [-0.2, -0.15) is 13.2 Å². The maximum absolute atomic E-state index is 13.8. The summed E-state index contributed by atoms with van der Waals surface area (Å²) in [7, 11) is 0. The Morgan fingerprint density at radius 2 is 1.63 bits per heavy atom. The van der Waals surface area contributed by atoms with Gasteiger partial charge in [0.2, 0.25) is 11.8 Å². The number of nitrogens with zero attached hydrogens (tertiary/aromatic N) is 3. The van der Waals surface area contributed by atoms with Gasteiger partial charge in [0.1, 0.15) is 5.60 Å². The number of alkyl halides is 5. The second-order valence-corrected chi connectivity index (χ2v) is 12.7. The van der Waals surface area contributed by atoms with E-state index in [9.17, 15) is 36.6 Å². The largest absolute Gasteiger partial charge is 0.416 e. The molecule has 2 N–H and O–H groups in total. The first-order valence-corrected chi connectivity index (χ1v) is 15.8. The second kappa shape index (κ2) is 13.7. The molecule has 1 aliphatic carbocycles. The highest BCUT2D eigenvalue weighted by Gasteiger charge is 2.52. The van der Waals surface area contributed by atoms with Crippen LogP contribution in [-0.4, -0.2) is 82.5 Å². The van der Waals surface area contributed by atoms with Crippen LogP contribution in [-0.2, 0) is 23.1 Å². The molecule has 0 radical (unpaired) electrons. The normalized spacial score (nSPS) is 24.5. The van der Waals surface area contributed by atoms with Crippen molar-refractivity contribution in [1.82, 2.24) is 20.0 Å². The van der Waals surface area contributed by atoms with Crippen LogP contribution in [0.4, 0.5) is 26.7 Å². The van der Waals surface area contributed by atoms with Gasteiger partial charge in [-0.05, 0) is 48.9 Å². The molecule has 0 spiro atoms. The number of urea groups is 1. The third-order valence-corrected chi connectivity index (χ3v) is 9.72. The van der Waals surface area contributed by atoms with E-state index in [0.717, 1.165) is 12.1 Å². The summed E-state index contributed by atoms with van der Waals surface area (Å²) in [5, 5.41) is 15.0. The molecule has 0 aromatic heterocycles. The van der Waals surface area contributed by atoms with Gasteiger partial charge in [0.15, 0.2) is 0 Å². The zero-order valence-electron chi connectivity index (χ0n) is 25.7. The van der Waals surface area contributed by atoms with Crippen LogP contribution in [0.2, 0.25) is 0 Å². The third-order valence-electron chi connectivity index (χ3n) is 9.72. The first-order chi connectivity index (χ1) is 21.8. The molecule has 2 saturated heterocycles. The van der Waals surface area contributed by atoms with Gasteiger partial charge in [-0.15, -0.1) is 6.58 Å². The predicted octanol–water partition coefficient (Wildman–Crippen LogP) is 5.79. The number of hydrogen-bond donors (Lipinski definition) is 2. The van der Waals surface area contributed by atoms with E-state index >= 15 is 0 Å². The molecule has 0 unspecified atom stereocenters. The van der Waals surface area contributed by atoms with Gasteiger partial charge >= 0.3 is 12.2 Å². The Bertz CT molecular complexity index is 1360. The van der Waals surface area contributed by atoms with Crippen LogP contribution in [0, 0.1) is 5.92 Å². The summed E-state index contributed by atoms with van der Waals surface area (Å²) in [5.74, 6) is -3.42. The molecule has 2 atom stereocenters. The summed E-state index contributed by atoms with van der Waals surface area (Å²) in [5.41, 5.74) is -0.891. The molecular weight excluding hydrogens is 607 g/mol. The molecular formula is C34H41F5N4O3. The maximum atomic E-state index is 13.8. The Morgan fingerprint density at radius 3 is 2.22 bits per heavy atom. The van der Waals surface area contributed by atoms with Crippen molar-refractivity contribution in [2.24, 2.45) is 5.92 Å². The lowest BCUT2D eigenvalue weighted by Gasteiger charge is -2.43. The van der Waals surface area contributed by atoms with Crippen LogP contribution in [0.3, 0.4) is 0 Å². The Labute approximate surface area is 266 Å². The first-order valence-electron chi connectivity index (χ1n) is 15.8. The van der Waals surface area contributed by atoms with Gasteiger partial charge in [0, 0.05) is 57.5 Å². The molecule has 1 saturated carbocycles. The molecule has 5 rings (SSSR count). The molecule has 3 aliphatic rings. The molecule has 0 bridgehead atoms. The minimum absolute atomic E-state index is 0.0676. The molecule has 250 valence electrons. The third kappa shape index (κ3) is 7.54. The van der Waals surface area contributed by atoms with E-state index in [0.29, 0.717) is 37.1 Å². The summed E-state index contributed by atoms with van der Waals surface area (Å²) in [4.78, 5) is 32.2. The number of nitrogens with one attached hydrogen (secondary N) is 1. The van der Waals surface area contributed by atoms with Gasteiger partial charge in [-0.1, -0.05) is 48.5 Å². The SMILES string of the molecule is C=CCN(C(=O)NCc1ccc(C(F)(F)F)cc1)C1CCN([C@H]2CN(C(=O)C3CCC(F)(F)CC3)C[C@]2(O)c2ccccc2)CC1. The molecule has 2 aromatic rings. The van der Waals surface area contributed by atoms with Crippen LogP contribution >= 0.6 is 0 Å². The van der Waals surface area contributed by atoms with Crippen molar-refractivity contribution in [3.05, 3.63) is 83.9 Å². The summed E-state index contributed by atoms with van der Waals surface area (Å²) < 4.78 is 66.3. The lowest BCUT2D eigenvalue weighted by molar-refractivity contribution is -0.140. The average Bonchev–Trinajstić information content (AvgIpc) is 3.41. The molecule has 2 aliphatic heterocycles. The van der Waals surface area contributed by atoms with Crippen LogP contribution in [0.5, 0.6) is 0 Å². The topological polar surface area (TPSA) is 76.1 Å². The van der Waals surface area contributed by atoms with Crippen molar-refractivity contribution in [3.63, 3.8) is 0 Å². The highest BCUT2D eigenvalue weighted by molar-refractivity contribution is 5.79. The summed E-state index contributed by atoms with van der Waals surface area (Å²) >= 11 is 0. The molecule has 3 fully saturated rings. The summed E-state index contributed by atoms with van der Waals surface area (Å²) in [6.07, 6.45) is -1.99. The van der Waals surface area contributed by atoms with E-state index in [-0.39, 0.29) is 69.8 Å². The number of hydrogen-bond acceptors (Lipinski definition) is 4. The van der Waals surface area contributed by atoms with Crippen molar-refractivity contribution in [1.29, 1.82) is 0 Å². The monoisotopic (exact) mass is 648 g/mol. The summed E-state index contributed by atoms with van der Waals surface area (Å²) in [6.45, 7) is 5.56. The second-order valence-electron chi connectivity index (χ2n) is 12.7. The van der Waals surface area contributed by atoms with Crippen LogP contribution in [0.1, 0.15) is 55.2 Å². The van der Waals surface area contributed by atoms with Crippen LogP contribution < -0.4 is 5.32 Å². The predicted molar refractivity (Wildman–Crippen MR) is 163 cm³/mol. The number of benzene rings is 2. The number of carbonyl (C=O) groups excluding carboxylic acids is 2. The van der Waals surface area contributed by atoms with Crippen LogP contribution in [0.25, 0.3) is 0 Å². The number of rotatable bonds is 8. The van der Waals surface area contributed by atoms with E-state index in [1.165, 1.54) is 12.1 Å². The number of aliphatic hydroxyl groups is 1. The Hall–Kier alpha value is -3.51. The van der Waals surface area contributed by atoms with Gasteiger partial charge in [-0.25, -0.2) is 13.6 Å². The molecule has 46 heavy (non-hydrogen) atoms. The van der Waals surface area contributed by atoms with Gasteiger partial charge < -0.3 is 20.2 Å². The molecule has 12 heteroatoms. The van der Waals surface area contributed by atoms with E-state index in [4.69, 9.17) is 0 Å². The minimum Gasteiger partial charge on any atom is -0.382 e. The fourth-order valence-electron chi connectivity index (χ4n) is 7.10. The molecule has 2 aromatic carbocycles. The maximum Gasteiger partial charge on any atom is 0.416 e. The van der Waals surface area contributed by atoms with E-state index in [1.54, 1.807) is 15.9 Å². The highest BCUT2D eigenvalue weighted by Crippen LogP contribution is 2.41. The molecule has 3 amide bonds. The van der Waals surface area contributed by atoms with Gasteiger partial charge in [-0.3, -0.25) is 9.69 Å². The van der Waals surface area contributed by atoms with Gasteiger partial charge in [0.05, 0.1) is 18.2 Å². The number of piperidine rings is 1. The lowest BCUT2D eigenvalue weighted by atomic mass is 9.85. The Morgan fingerprint density at radius 1 is 1.00 bits per heavy atom. The fraction of sp³-hybridized carbons (Fsp3) is 0.529. The van der Waals surface area contributed by atoms with E-state index in [2.05, 4.69) is 16.8 Å². The summed E-state index contributed by atoms with van der Waals surface area (Å²) in [6, 6.07) is 12.9. The quantitative estimate of drug-likeness (QED) is 0.281. The van der Waals surface area contributed by atoms with Crippen molar-refractivity contribution in [2.75, 3.05) is 32.7 Å². The number of β-amino-alcohol motifs (C(OH)–C–C–N with tert-alkyl or cyclic N) is 1. The first kappa shape index (κ1) is 33.8. The number of amides is 3. The molecule has 2 heterocycles. The van der Waals surface area contributed by atoms with E-state index in [1.807, 2.05) is 30.3 Å². The zero-order chi connectivity index (χ0) is 33.1. The number of halogens is 5. The van der Waals surface area contributed by atoms with Gasteiger partial charge in [0.25, 0.3) is 0 Å². The standard InChI is InChI=1S/C34H41F5N4O3/c1-2-18-43(31(45)40-21-24-8-10-27(11-9-24)34(37,38)39)28-14-19-41(20-15-28)29-22-42(23-33(29,46)26-6-4-3-5-7-26)30(44)25-12-16-32(35,36)17-13-25/h2-11,25,28-29,46H,1,12-23H2,(H,40,45)/t29-,33-/m0/s1. The fourth-order valence-corrected chi connectivity index (χ4v) is 7.10. The van der Waals surface area contributed by atoms with Crippen LogP contribution in [0.15, 0.2) is 67.3 Å². The highest BCUT2D eigenvalue weighted by atomic mass is 19.4. The minimum atomic E-state index is -4.43.